The van der Waals surface area contributed by atoms with E-state index < -0.39 is 32.7 Å². The quantitative estimate of drug-likeness (QED) is 0.666. The highest BCUT2D eigenvalue weighted by Gasteiger charge is 2.29. The van der Waals surface area contributed by atoms with Crippen LogP contribution in [-0.2, 0) is 26.0 Å². The molecular weight excluding hydrogens is 409 g/mol. The van der Waals surface area contributed by atoms with Crippen molar-refractivity contribution in [3.05, 3.63) is 59.9 Å². The summed E-state index contributed by atoms with van der Waals surface area (Å²) in [6.45, 7) is 3.37. The predicted molar refractivity (Wildman–Crippen MR) is 113 cm³/mol. The van der Waals surface area contributed by atoms with Gasteiger partial charge in [0, 0.05) is 19.8 Å². The molecule has 0 aliphatic heterocycles. The van der Waals surface area contributed by atoms with Crippen molar-refractivity contribution >= 4 is 27.5 Å². The summed E-state index contributed by atoms with van der Waals surface area (Å²) in [5, 5.41) is 2.66. The summed E-state index contributed by atoms with van der Waals surface area (Å²) in [5.74, 6) is -1.89. The van der Waals surface area contributed by atoms with E-state index in [1.165, 1.54) is 17.0 Å². The first kappa shape index (κ1) is 23.5. The number of likely N-dealkylation sites (N-methyl/N-ethyl adjacent to an activating group) is 1. The van der Waals surface area contributed by atoms with E-state index in [1.54, 1.807) is 52.2 Å². The van der Waals surface area contributed by atoms with Crippen LogP contribution in [0.1, 0.15) is 19.4 Å². The predicted octanol–water partition coefficient (Wildman–Crippen LogP) is 2.40. The molecule has 0 aromatic heterocycles. The number of sulfonamides is 1. The molecule has 0 radical (unpaired) electrons. The van der Waals surface area contributed by atoms with Gasteiger partial charge in [0.15, 0.2) is 0 Å². The summed E-state index contributed by atoms with van der Waals surface area (Å²) in [6.07, 6.45) is 0.234. The lowest BCUT2D eigenvalue weighted by Crippen LogP contribution is -2.47. The Morgan fingerprint density at radius 3 is 2.17 bits per heavy atom. The molecule has 0 fully saturated rings. The summed E-state index contributed by atoms with van der Waals surface area (Å²) in [4.78, 5) is 25.5. The summed E-state index contributed by atoms with van der Waals surface area (Å²) >= 11 is 0. The Morgan fingerprint density at radius 2 is 1.63 bits per heavy atom. The Balaban J connectivity index is 2.13. The molecule has 7 nitrogen and oxygen atoms in total. The lowest BCUT2D eigenvalue weighted by atomic mass is 10.0. The third-order valence-electron chi connectivity index (χ3n) is 4.43. The lowest BCUT2D eigenvalue weighted by Gasteiger charge is -2.22. The number of anilines is 1. The minimum atomic E-state index is -4.23. The number of carbonyl (C=O) groups is 2. The van der Waals surface area contributed by atoms with Crippen LogP contribution in [0.25, 0.3) is 0 Å². The van der Waals surface area contributed by atoms with Gasteiger partial charge in [-0.25, -0.2) is 12.8 Å². The van der Waals surface area contributed by atoms with Crippen LogP contribution in [0.4, 0.5) is 10.1 Å². The molecule has 2 N–H and O–H groups in total. The molecule has 0 unspecified atom stereocenters. The second kappa shape index (κ2) is 9.82. The normalized spacial score (nSPS) is 12.5. The summed E-state index contributed by atoms with van der Waals surface area (Å²) < 4.78 is 41.3. The minimum absolute atomic E-state index is 0.0470. The van der Waals surface area contributed by atoms with Crippen molar-refractivity contribution in [2.45, 2.75) is 31.2 Å². The van der Waals surface area contributed by atoms with Gasteiger partial charge in [-0.15, -0.1) is 0 Å². The first-order valence-electron chi connectivity index (χ1n) is 9.38. The van der Waals surface area contributed by atoms with Crippen LogP contribution in [0.3, 0.4) is 0 Å². The molecule has 30 heavy (non-hydrogen) atoms. The van der Waals surface area contributed by atoms with Crippen molar-refractivity contribution in [1.29, 1.82) is 0 Å². The van der Waals surface area contributed by atoms with Crippen LogP contribution >= 0.6 is 0 Å². The number of rotatable bonds is 8. The Hall–Kier alpha value is -2.78. The van der Waals surface area contributed by atoms with Gasteiger partial charge in [-0.1, -0.05) is 38.1 Å². The largest absolute Gasteiger partial charge is 0.349 e. The van der Waals surface area contributed by atoms with Crippen LogP contribution in [0.15, 0.2) is 53.4 Å². The molecule has 0 aliphatic rings. The number of nitrogens with one attached hydrogen (secondary N) is 2. The number of nitrogens with zero attached hydrogens (tertiary/aromatic N) is 1. The molecule has 9 heteroatoms. The average molecular weight is 436 g/mol. The Bertz CT molecular complexity index is 1010. The third kappa shape index (κ3) is 6.11. The topological polar surface area (TPSA) is 95.6 Å². The molecule has 0 saturated heterocycles. The van der Waals surface area contributed by atoms with E-state index >= 15 is 0 Å². The van der Waals surface area contributed by atoms with Crippen molar-refractivity contribution in [2.24, 2.45) is 5.92 Å². The summed E-state index contributed by atoms with van der Waals surface area (Å²) in [7, 11) is -0.885. The number of amides is 2. The zero-order valence-corrected chi connectivity index (χ0v) is 18.2. The zero-order chi connectivity index (χ0) is 22.5. The maximum atomic E-state index is 13.9. The summed E-state index contributed by atoms with van der Waals surface area (Å²) in [5.41, 5.74) is 1.24. The first-order chi connectivity index (χ1) is 14.0. The van der Waals surface area contributed by atoms with Gasteiger partial charge in [-0.3, -0.25) is 9.59 Å². The number of hydrogen-bond acceptors (Lipinski definition) is 4. The molecule has 2 amide bonds. The monoisotopic (exact) mass is 435 g/mol. The highest BCUT2D eigenvalue weighted by molar-refractivity contribution is 7.89. The highest BCUT2D eigenvalue weighted by atomic mass is 32.2. The van der Waals surface area contributed by atoms with Gasteiger partial charge in [-0.2, -0.15) is 4.72 Å². The fourth-order valence-corrected chi connectivity index (χ4v) is 4.07. The Kier molecular flexibility index (Phi) is 7.69. The maximum Gasteiger partial charge on any atom is 0.244 e. The van der Waals surface area contributed by atoms with E-state index in [-0.39, 0.29) is 18.2 Å². The number of hydrogen-bond donors (Lipinski definition) is 2. The van der Waals surface area contributed by atoms with E-state index in [0.717, 1.165) is 17.7 Å². The van der Waals surface area contributed by atoms with Crippen LogP contribution in [0.5, 0.6) is 0 Å². The van der Waals surface area contributed by atoms with Gasteiger partial charge in [0.05, 0.1) is 6.42 Å². The molecule has 1 atom stereocenters. The van der Waals surface area contributed by atoms with Crippen molar-refractivity contribution in [1.82, 2.24) is 9.62 Å². The van der Waals surface area contributed by atoms with E-state index in [9.17, 15) is 22.4 Å². The molecule has 162 valence electrons. The molecule has 0 saturated carbocycles. The number of carbonyl (C=O) groups excluding carboxylic acids is 2. The number of benzene rings is 2. The minimum Gasteiger partial charge on any atom is -0.349 e. The zero-order valence-electron chi connectivity index (χ0n) is 17.3. The Labute approximate surface area is 176 Å². The van der Waals surface area contributed by atoms with E-state index in [0.29, 0.717) is 5.69 Å². The van der Waals surface area contributed by atoms with E-state index in [4.69, 9.17) is 0 Å². The van der Waals surface area contributed by atoms with Crippen molar-refractivity contribution < 1.29 is 22.4 Å². The van der Waals surface area contributed by atoms with Crippen LogP contribution < -0.4 is 10.0 Å². The van der Waals surface area contributed by atoms with Gasteiger partial charge < -0.3 is 10.2 Å². The van der Waals surface area contributed by atoms with Crippen LogP contribution in [0.2, 0.25) is 0 Å². The van der Waals surface area contributed by atoms with Gasteiger partial charge >= 0.3 is 0 Å². The molecule has 2 rings (SSSR count). The van der Waals surface area contributed by atoms with Crippen molar-refractivity contribution in [3.8, 4) is 0 Å². The third-order valence-corrected chi connectivity index (χ3v) is 5.91. The molecule has 0 aliphatic carbocycles. The molecule has 0 bridgehead atoms. The maximum absolute atomic E-state index is 13.9. The fraction of sp³-hybridized carbons (Fsp3) is 0.333. The Morgan fingerprint density at radius 1 is 1.03 bits per heavy atom. The number of halogens is 1. The molecular formula is C21H26FN3O4S. The first-order valence-corrected chi connectivity index (χ1v) is 10.9. The summed E-state index contributed by atoms with van der Waals surface area (Å²) in [6, 6.07) is 10.6. The van der Waals surface area contributed by atoms with Crippen LogP contribution in [0, 0.1) is 11.7 Å². The van der Waals surface area contributed by atoms with Gasteiger partial charge in [0.1, 0.15) is 16.8 Å². The second-order valence-corrected chi connectivity index (χ2v) is 9.11. The van der Waals surface area contributed by atoms with Crippen molar-refractivity contribution in [2.75, 3.05) is 19.4 Å². The highest BCUT2D eigenvalue weighted by Crippen LogP contribution is 2.17. The van der Waals surface area contributed by atoms with Crippen LogP contribution in [-0.4, -0.2) is 45.3 Å². The SMILES string of the molecule is CC(C)[C@H](NS(=O)(=O)c1ccccc1F)C(=O)Nc1ccc(CC(=O)N(C)C)cc1. The smallest absolute Gasteiger partial charge is 0.244 e. The average Bonchev–Trinajstić information content (AvgIpc) is 2.67. The molecule has 0 spiro atoms. The molecule has 2 aromatic carbocycles. The standard InChI is InChI=1S/C21H26FN3O4S/c1-14(2)20(24-30(28,29)18-8-6-5-7-17(18)22)21(27)23-16-11-9-15(10-12-16)13-19(26)25(3)4/h5-12,14,20,24H,13H2,1-4H3,(H,23,27)/t20-/m0/s1. The molecule has 2 aromatic rings. The van der Waals surface area contributed by atoms with Gasteiger partial charge in [-0.05, 0) is 35.7 Å². The fourth-order valence-electron chi connectivity index (χ4n) is 2.64. The van der Waals surface area contributed by atoms with E-state index in [1.807, 2.05) is 0 Å². The second-order valence-electron chi connectivity index (χ2n) is 7.42. The lowest BCUT2D eigenvalue weighted by molar-refractivity contribution is -0.128. The van der Waals surface area contributed by atoms with Gasteiger partial charge in [0.2, 0.25) is 21.8 Å². The van der Waals surface area contributed by atoms with Gasteiger partial charge in [0.25, 0.3) is 0 Å². The molecule has 0 heterocycles. The van der Waals surface area contributed by atoms with E-state index in [2.05, 4.69) is 10.0 Å². The van der Waals surface area contributed by atoms with Crippen molar-refractivity contribution in [3.63, 3.8) is 0 Å².